The predicted molar refractivity (Wildman–Crippen MR) is 117 cm³/mol. The average Bonchev–Trinajstić information content (AvgIpc) is 2.78. The highest BCUT2D eigenvalue weighted by molar-refractivity contribution is 5.97. The van der Waals surface area contributed by atoms with Crippen molar-refractivity contribution in [3.05, 3.63) is 71.7 Å². The lowest BCUT2D eigenvalue weighted by atomic mass is 10.1. The molecule has 4 nitrogen and oxygen atoms in total. The second kappa shape index (κ2) is 11.0. The van der Waals surface area contributed by atoms with Gasteiger partial charge in [-0.2, -0.15) is 0 Å². The minimum absolute atomic E-state index is 0.0788. The molecule has 0 spiro atoms. The molecule has 0 unspecified atom stereocenters. The van der Waals surface area contributed by atoms with Gasteiger partial charge in [0.05, 0.1) is 12.1 Å². The molecule has 0 bridgehead atoms. The minimum atomic E-state index is -0.447. The first-order valence-electron chi connectivity index (χ1n) is 10.2. The van der Waals surface area contributed by atoms with Crippen LogP contribution < -0.4 is 10.1 Å². The standard InChI is InChI=1S/C25H25FN2O2/c1-2-3-4-5-6-7-16-30-23-12-8-10-21(24(23)26)18-28-25(29)20-13-14-22-19(17-20)11-9-15-27-22/h8-15,17H,2-3,6-7,16,18H2,1H3,(H,28,29). The fourth-order valence-electron chi connectivity index (χ4n) is 2.94. The number of rotatable bonds is 8. The van der Waals surface area contributed by atoms with Crippen LogP contribution in [0, 0.1) is 17.7 Å². The van der Waals surface area contributed by atoms with Gasteiger partial charge in [0, 0.05) is 42.1 Å². The number of carbonyl (C=O) groups excluding carboxylic acids is 1. The Balaban J connectivity index is 1.55. The summed E-state index contributed by atoms with van der Waals surface area (Å²) in [5.74, 6) is 5.65. The highest BCUT2D eigenvalue weighted by Crippen LogP contribution is 2.21. The van der Waals surface area contributed by atoms with Crippen molar-refractivity contribution < 1.29 is 13.9 Å². The molecule has 30 heavy (non-hydrogen) atoms. The molecule has 1 amide bonds. The van der Waals surface area contributed by atoms with Crippen LogP contribution in [0.5, 0.6) is 5.75 Å². The first kappa shape index (κ1) is 21.3. The fraction of sp³-hybridized carbons (Fsp3) is 0.280. The van der Waals surface area contributed by atoms with Crippen LogP contribution in [0.4, 0.5) is 4.39 Å². The van der Waals surface area contributed by atoms with E-state index in [-0.39, 0.29) is 18.2 Å². The van der Waals surface area contributed by atoms with Crippen molar-refractivity contribution >= 4 is 16.8 Å². The summed E-state index contributed by atoms with van der Waals surface area (Å²) in [6.45, 7) is 2.57. The van der Waals surface area contributed by atoms with Crippen LogP contribution >= 0.6 is 0 Å². The lowest BCUT2D eigenvalue weighted by Gasteiger charge is -2.11. The number of amides is 1. The Morgan fingerprint density at radius 1 is 1.13 bits per heavy atom. The summed E-state index contributed by atoms with van der Waals surface area (Å²) in [6, 6.07) is 14.0. The number of hydrogen-bond donors (Lipinski definition) is 1. The Morgan fingerprint density at radius 2 is 2.00 bits per heavy atom. The van der Waals surface area contributed by atoms with Gasteiger partial charge in [-0.3, -0.25) is 9.78 Å². The molecule has 3 aromatic rings. The monoisotopic (exact) mass is 404 g/mol. The molecule has 0 aliphatic rings. The maximum absolute atomic E-state index is 14.7. The van der Waals surface area contributed by atoms with Crippen molar-refractivity contribution in [2.24, 2.45) is 0 Å². The van der Waals surface area contributed by atoms with Gasteiger partial charge in [-0.25, -0.2) is 4.39 Å². The number of hydrogen-bond acceptors (Lipinski definition) is 3. The number of benzene rings is 2. The minimum Gasteiger partial charge on any atom is -0.490 e. The lowest BCUT2D eigenvalue weighted by Crippen LogP contribution is -2.23. The maximum atomic E-state index is 14.7. The van der Waals surface area contributed by atoms with Crippen molar-refractivity contribution in [1.82, 2.24) is 10.3 Å². The molecule has 0 aliphatic carbocycles. The van der Waals surface area contributed by atoms with Gasteiger partial charge in [-0.1, -0.05) is 25.1 Å². The third-order valence-corrected chi connectivity index (χ3v) is 4.55. The second-order valence-corrected chi connectivity index (χ2v) is 6.88. The zero-order valence-corrected chi connectivity index (χ0v) is 17.1. The Kier molecular flexibility index (Phi) is 7.79. The van der Waals surface area contributed by atoms with Gasteiger partial charge in [0.1, 0.15) is 0 Å². The Bertz CT molecular complexity index is 1070. The third kappa shape index (κ3) is 5.81. The smallest absolute Gasteiger partial charge is 0.251 e. The number of carbonyl (C=O) groups is 1. The van der Waals surface area contributed by atoms with Crippen LogP contribution in [-0.2, 0) is 6.54 Å². The van der Waals surface area contributed by atoms with E-state index in [0.29, 0.717) is 17.7 Å². The summed E-state index contributed by atoms with van der Waals surface area (Å²) in [6.07, 6.45) is 5.14. The fourth-order valence-corrected chi connectivity index (χ4v) is 2.94. The molecule has 0 aliphatic heterocycles. The zero-order chi connectivity index (χ0) is 21.2. The molecule has 0 fully saturated rings. The first-order valence-corrected chi connectivity index (χ1v) is 10.2. The van der Waals surface area contributed by atoms with Gasteiger partial charge in [0.2, 0.25) is 0 Å². The van der Waals surface area contributed by atoms with Crippen LogP contribution in [0.2, 0.25) is 0 Å². The first-order chi connectivity index (χ1) is 14.7. The summed E-state index contributed by atoms with van der Waals surface area (Å²) in [5, 5.41) is 3.65. The predicted octanol–water partition coefficient (Wildman–Crippen LogP) is 5.27. The third-order valence-electron chi connectivity index (χ3n) is 4.55. The highest BCUT2D eigenvalue weighted by Gasteiger charge is 2.12. The van der Waals surface area contributed by atoms with Crippen LogP contribution in [-0.4, -0.2) is 17.5 Å². The van der Waals surface area contributed by atoms with E-state index < -0.39 is 5.82 Å². The molecule has 154 valence electrons. The summed E-state index contributed by atoms with van der Waals surface area (Å²) < 4.78 is 20.3. The number of nitrogens with zero attached hydrogens (tertiary/aromatic N) is 1. The van der Waals surface area contributed by atoms with E-state index in [2.05, 4.69) is 29.1 Å². The number of unbranched alkanes of at least 4 members (excludes halogenated alkanes) is 2. The van der Waals surface area contributed by atoms with E-state index in [9.17, 15) is 9.18 Å². The molecule has 0 radical (unpaired) electrons. The number of fused-ring (bicyclic) bond motifs is 1. The molecule has 1 heterocycles. The zero-order valence-electron chi connectivity index (χ0n) is 17.1. The van der Waals surface area contributed by atoms with Crippen molar-refractivity contribution in [2.45, 2.75) is 39.2 Å². The molecule has 2 aromatic carbocycles. The summed E-state index contributed by atoms with van der Waals surface area (Å²) in [5.41, 5.74) is 1.71. The van der Waals surface area contributed by atoms with Gasteiger partial charge in [-0.15, -0.1) is 11.8 Å². The Labute approximate surface area is 176 Å². The van der Waals surface area contributed by atoms with E-state index in [0.717, 1.165) is 36.6 Å². The van der Waals surface area contributed by atoms with Crippen LogP contribution in [0.25, 0.3) is 10.9 Å². The number of nitrogens with one attached hydrogen (secondary N) is 1. The summed E-state index contributed by atoms with van der Waals surface area (Å²) >= 11 is 0. The topological polar surface area (TPSA) is 51.2 Å². The van der Waals surface area contributed by atoms with Crippen molar-refractivity contribution in [2.75, 3.05) is 6.61 Å². The molecule has 0 saturated heterocycles. The van der Waals surface area contributed by atoms with Gasteiger partial charge >= 0.3 is 0 Å². The van der Waals surface area contributed by atoms with Crippen molar-refractivity contribution in [3.63, 3.8) is 0 Å². The SMILES string of the molecule is CCCC#CCCCOc1cccc(CNC(=O)c2ccc3ncccc3c2)c1F. The number of aromatic nitrogens is 1. The van der Waals surface area contributed by atoms with E-state index in [1.54, 1.807) is 42.6 Å². The molecule has 3 rings (SSSR count). The number of pyridine rings is 1. The largest absolute Gasteiger partial charge is 0.490 e. The molecular weight excluding hydrogens is 379 g/mol. The van der Waals surface area contributed by atoms with Crippen molar-refractivity contribution in [1.29, 1.82) is 0 Å². The van der Waals surface area contributed by atoms with Gasteiger partial charge < -0.3 is 10.1 Å². The molecule has 5 heteroatoms. The van der Waals surface area contributed by atoms with Crippen LogP contribution in [0.1, 0.15) is 48.5 Å². The summed E-state index contributed by atoms with van der Waals surface area (Å²) in [4.78, 5) is 16.7. The van der Waals surface area contributed by atoms with Crippen molar-refractivity contribution in [3.8, 4) is 17.6 Å². The van der Waals surface area contributed by atoms with Crippen LogP contribution in [0.15, 0.2) is 54.7 Å². The quantitative estimate of drug-likeness (QED) is 0.411. The van der Waals surface area contributed by atoms with E-state index in [1.807, 2.05) is 12.1 Å². The number of halogens is 1. The van der Waals surface area contributed by atoms with E-state index in [1.165, 1.54) is 0 Å². The highest BCUT2D eigenvalue weighted by atomic mass is 19.1. The van der Waals surface area contributed by atoms with Gasteiger partial charge in [-0.05, 0) is 43.2 Å². The normalized spacial score (nSPS) is 10.3. The molecule has 0 atom stereocenters. The lowest BCUT2D eigenvalue weighted by molar-refractivity contribution is 0.0950. The Hall–Kier alpha value is -3.39. The van der Waals surface area contributed by atoms with E-state index >= 15 is 0 Å². The maximum Gasteiger partial charge on any atom is 0.251 e. The Morgan fingerprint density at radius 3 is 2.87 bits per heavy atom. The van der Waals surface area contributed by atoms with Gasteiger partial charge in [0.25, 0.3) is 5.91 Å². The molecule has 1 N–H and O–H groups in total. The molecular formula is C25H25FN2O2. The number of ether oxygens (including phenoxy) is 1. The van der Waals surface area contributed by atoms with E-state index in [4.69, 9.17) is 4.74 Å². The molecule has 1 aromatic heterocycles. The van der Waals surface area contributed by atoms with Crippen LogP contribution in [0.3, 0.4) is 0 Å². The second-order valence-electron chi connectivity index (χ2n) is 6.88. The van der Waals surface area contributed by atoms with Gasteiger partial charge in [0.15, 0.2) is 11.6 Å². The summed E-state index contributed by atoms with van der Waals surface area (Å²) in [7, 11) is 0. The molecule has 0 saturated carbocycles. The average molecular weight is 404 g/mol.